The van der Waals surface area contributed by atoms with Crippen LogP contribution in [0.2, 0.25) is 0 Å². The molecular formula is C17H16BrN3OS2. The molecule has 2 heterocycles. The van der Waals surface area contributed by atoms with Gasteiger partial charge in [-0.25, -0.2) is 4.68 Å². The van der Waals surface area contributed by atoms with E-state index in [2.05, 4.69) is 42.9 Å². The van der Waals surface area contributed by atoms with E-state index >= 15 is 0 Å². The van der Waals surface area contributed by atoms with Crippen LogP contribution in [-0.4, -0.2) is 31.2 Å². The van der Waals surface area contributed by atoms with Crippen LogP contribution in [0.25, 0.3) is 11.3 Å². The van der Waals surface area contributed by atoms with E-state index in [0.717, 1.165) is 26.1 Å². The van der Waals surface area contributed by atoms with Gasteiger partial charge in [0.15, 0.2) is 0 Å². The van der Waals surface area contributed by atoms with E-state index in [1.807, 2.05) is 40.5 Å². The van der Waals surface area contributed by atoms with Crippen LogP contribution in [0.3, 0.4) is 0 Å². The van der Waals surface area contributed by atoms with Gasteiger partial charge in [-0.1, -0.05) is 34.1 Å². The summed E-state index contributed by atoms with van der Waals surface area (Å²) in [6, 6.07) is 10.2. The van der Waals surface area contributed by atoms with Crippen LogP contribution >= 0.6 is 38.6 Å². The van der Waals surface area contributed by atoms with E-state index in [1.165, 1.54) is 0 Å². The zero-order valence-electron chi connectivity index (χ0n) is 13.1. The number of aromatic nitrogens is 1. The largest absolute Gasteiger partial charge is 0.383 e. The molecule has 1 aromatic carbocycles. The molecule has 0 aliphatic carbocycles. The fraction of sp³-hybridized carbons (Fsp3) is 0.176. The minimum absolute atomic E-state index is 0.594. The van der Waals surface area contributed by atoms with Gasteiger partial charge < -0.3 is 4.74 Å². The van der Waals surface area contributed by atoms with E-state index in [0.29, 0.717) is 13.2 Å². The third-order valence-corrected chi connectivity index (χ3v) is 5.49. The van der Waals surface area contributed by atoms with Crippen LogP contribution in [0.1, 0.15) is 5.56 Å². The van der Waals surface area contributed by atoms with Gasteiger partial charge in [-0.2, -0.15) is 16.4 Å². The average molecular weight is 422 g/mol. The smallest absolute Gasteiger partial charge is 0.206 e. The second-order valence-corrected chi connectivity index (χ2v) is 7.34. The summed E-state index contributed by atoms with van der Waals surface area (Å²) < 4.78 is 8.01. The first-order valence-electron chi connectivity index (χ1n) is 7.31. The molecule has 0 fully saturated rings. The number of thiophene rings is 1. The fourth-order valence-corrected chi connectivity index (χ4v) is 4.03. The molecule has 0 atom stereocenters. The van der Waals surface area contributed by atoms with Crippen LogP contribution in [-0.2, 0) is 4.74 Å². The Balaban J connectivity index is 2.06. The number of thiazole rings is 1. The molecule has 3 aromatic rings. The van der Waals surface area contributed by atoms with Crippen molar-refractivity contribution in [3.63, 3.8) is 0 Å². The van der Waals surface area contributed by atoms with Crippen molar-refractivity contribution in [2.45, 2.75) is 0 Å². The molecule has 0 N–H and O–H groups in total. The van der Waals surface area contributed by atoms with Gasteiger partial charge >= 0.3 is 0 Å². The molecule has 0 saturated carbocycles. The Hall–Kier alpha value is -1.54. The molecule has 124 valence electrons. The molecule has 7 heteroatoms. The lowest BCUT2D eigenvalue weighted by molar-refractivity contribution is 0.207. The molecule has 0 amide bonds. The molecule has 0 saturated heterocycles. The summed E-state index contributed by atoms with van der Waals surface area (Å²) in [5, 5.41) is 10.8. The van der Waals surface area contributed by atoms with Gasteiger partial charge in [-0.3, -0.25) is 4.99 Å². The van der Waals surface area contributed by atoms with Gasteiger partial charge in [0, 0.05) is 28.1 Å². The highest BCUT2D eigenvalue weighted by molar-refractivity contribution is 9.10. The first-order valence-corrected chi connectivity index (χ1v) is 9.92. The topological polar surface area (TPSA) is 38.9 Å². The molecular weight excluding hydrogens is 406 g/mol. The van der Waals surface area contributed by atoms with Crippen LogP contribution in [0, 0.1) is 0 Å². The van der Waals surface area contributed by atoms with E-state index in [-0.39, 0.29) is 0 Å². The summed E-state index contributed by atoms with van der Waals surface area (Å²) in [5.74, 6) is 0. The zero-order valence-corrected chi connectivity index (χ0v) is 16.3. The highest BCUT2D eigenvalue weighted by Crippen LogP contribution is 2.28. The lowest BCUT2D eigenvalue weighted by atomic mass is 10.2. The lowest BCUT2D eigenvalue weighted by Gasteiger charge is -2.05. The SMILES string of the molecule is COCCN=c1scc(-c2ccccc2Br)n1N=Cc1ccsc1. The minimum atomic E-state index is 0.594. The number of methoxy groups -OCH3 is 1. The first-order chi connectivity index (χ1) is 11.8. The van der Waals surface area contributed by atoms with Crippen molar-refractivity contribution in [2.75, 3.05) is 20.3 Å². The maximum Gasteiger partial charge on any atom is 0.206 e. The maximum atomic E-state index is 5.09. The third-order valence-electron chi connectivity index (χ3n) is 3.24. The van der Waals surface area contributed by atoms with E-state index in [4.69, 9.17) is 4.74 Å². The monoisotopic (exact) mass is 421 g/mol. The van der Waals surface area contributed by atoms with E-state index in [9.17, 15) is 0 Å². The highest BCUT2D eigenvalue weighted by atomic mass is 79.9. The average Bonchev–Trinajstić information content (AvgIpc) is 3.23. The third kappa shape index (κ3) is 4.10. The molecule has 0 bridgehead atoms. The fourth-order valence-electron chi connectivity index (χ4n) is 2.08. The number of ether oxygens (including phenoxy) is 1. The molecule has 4 nitrogen and oxygen atoms in total. The normalized spacial score (nSPS) is 12.3. The van der Waals surface area contributed by atoms with Crippen molar-refractivity contribution in [3.05, 3.63) is 61.3 Å². The second-order valence-electron chi connectivity index (χ2n) is 4.87. The molecule has 2 aromatic heterocycles. The predicted octanol–water partition coefficient (Wildman–Crippen LogP) is 4.47. The summed E-state index contributed by atoms with van der Waals surface area (Å²) >= 11 is 6.85. The maximum absolute atomic E-state index is 5.09. The summed E-state index contributed by atoms with van der Waals surface area (Å²) in [6.07, 6.45) is 1.86. The Morgan fingerprint density at radius 2 is 2.12 bits per heavy atom. The summed E-state index contributed by atoms with van der Waals surface area (Å²) in [6.45, 7) is 1.21. The Kier molecular flexibility index (Phi) is 6.14. The Labute approximate surface area is 156 Å². The summed E-state index contributed by atoms with van der Waals surface area (Å²) in [5.41, 5.74) is 3.18. The van der Waals surface area contributed by atoms with Gasteiger partial charge in [0.05, 0.1) is 25.1 Å². The van der Waals surface area contributed by atoms with Crippen molar-refractivity contribution < 1.29 is 4.74 Å². The number of nitrogens with zero attached hydrogens (tertiary/aromatic N) is 3. The van der Waals surface area contributed by atoms with Gasteiger partial charge in [0.1, 0.15) is 0 Å². The highest BCUT2D eigenvalue weighted by Gasteiger charge is 2.10. The van der Waals surface area contributed by atoms with Gasteiger partial charge in [-0.15, -0.1) is 11.3 Å². The Morgan fingerprint density at radius 1 is 1.25 bits per heavy atom. The molecule has 0 aliphatic heterocycles. The molecule has 0 unspecified atom stereocenters. The van der Waals surface area contributed by atoms with Crippen LogP contribution in [0.4, 0.5) is 0 Å². The van der Waals surface area contributed by atoms with E-state index in [1.54, 1.807) is 29.8 Å². The standard InChI is InChI=1S/C17H16BrN3OS2/c1-22-8-7-19-17-21(20-10-13-6-9-23-11-13)16(12-24-17)14-4-2-3-5-15(14)18/h2-6,9-12H,7-8H2,1H3. The van der Waals surface area contributed by atoms with Crippen LogP contribution in [0.15, 0.2) is 61.0 Å². The minimum Gasteiger partial charge on any atom is -0.383 e. The lowest BCUT2D eigenvalue weighted by Crippen LogP contribution is -2.13. The number of benzene rings is 1. The second kappa shape index (κ2) is 8.53. The zero-order chi connectivity index (χ0) is 16.8. The van der Waals surface area contributed by atoms with Crippen molar-refractivity contribution >= 4 is 44.8 Å². The van der Waals surface area contributed by atoms with Crippen LogP contribution in [0.5, 0.6) is 0 Å². The molecule has 0 radical (unpaired) electrons. The van der Waals surface area contributed by atoms with Crippen molar-refractivity contribution in [2.24, 2.45) is 10.1 Å². The van der Waals surface area contributed by atoms with Gasteiger partial charge in [0.2, 0.25) is 4.80 Å². The summed E-state index contributed by atoms with van der Waals surface area (Å²) in [7, 11) is 1.68. The van der Waals surface area contributed by atoms with Crippen molar-refractivity contribution in [3.8, 4) is 11.3 Å². The van der Waals surface area contributed by atoms with Gasteiger partial charge in [-0.05, 0) is 22.9 Å². The predicted molar refractivity (Wildman–Crippen MR) is 105 cm³/mol. The number of rotatable bonds is 6. The number of hydrogen-bond donors (Lipinski definition) is 0. The quantitative estimate of drug-likeness (QED) is 0.427. The Bertz CT molecular complexity index is 881. The number of hydrogen-bond acceptors (Lipinski definition) is 5. The van der Waals surface area contributed by atoms with E-state index < -0.39 is 0 Å². The number of halogens is 1. The first kappa shape index (κ1) is 17.3. The molecule has 0 spiro atoms. The summed E-state index contributed by atoms with van der Waals surface area (Å²) in [4.78, 5) is 5.45. The van der Waals surface area contributed by atoms with Gasteiger partial charge in [0.25, 0.3) is 0 Å². The molecule has 0 aliphatic rings. The van der Waals surface area contributed by atoms with Crippen LogP contribution < -0.4 is 4.80 Å². The Morgan fingerprint density at radius 3 is 2.88 bits per heavy atom. The molecule has 24 heavy (non-hydrogen) atoms. The molecule has 3 rings (SSSR count). The van der Waals surface area contributed by atoms with Crippen molar-refractivity contribution in [1.29, 1.82) is 0 Å². The van der Waals surface area contributed by atoms with Crippen molar-refractivity contribution in [1.82, 2.24) is 4.68 Å².